The Kier molecular flexibility index (Phi) is 5.05. The zero-order chi connectivity index (χ0) is 12.1. The molecule has 0 aromatic heterocycles. The van der Waals surface area contributed by atoms with Gasteiger partial charge in [-0.05, 0) is 27.7 Å². The van der Waals surface area contributed by atoms with E-state index in [1.807, 2.05) is 0 Å². The molecule has 0 aliphatic heterocycles. The van der Waals surface area contributed by atoms with Gasteiger partial charge in [0.2, 0.25) is 0 Å². The van der Waals surface area contributed by atoms with E-state index in [0.29, 0.717) is 5.57 Å². The molecule has 0 aliphatic carbocycles. The van der Waals surface area contributed by atoms with E-state index in [0.717, 1.165) is 0 Å². The van der Waals surface area contributed by atoms with Crippen molar-refractivity contribution in [1.29, 1.82) is 0 Å². The SMILES string of the molecule is C/C=C(\CC(=O)OC)C(=O)OC(C)(C)C. The van der Waals surface area contributed by atoms with Crippen LogP contribution in [0.2, 0.25) is 0 Å². The number of carbonyl (C=O) groups excluding carboxylic acids is 2. The molecule has 4 nitrogen and oxygen atoms in total. The molecule has 0 radical (unpaired) electrons. The molecule has 0 amide bonds. The maximum atomic E-state index is 11.5. The molecule has 0 rings (SSSR count). The number of allylic oxidation sites excluding steroid dienone is 1. The van der Waals surface area contributed by atoms with Crippen LogP contribution >= 0.6 is 0 Å². The highest BCUT2D eigenvalue weighted by molar-refractivity contribution is 5.93. The average molecular weight is 214 g/mol. The molecule has 4 heteroatoms. The molecule has 0 saturated heterocycles. The largest absolute Gasteiger partial charge is 0.469 e. The van der Waals surface area contributed by atoms with Crippen molar-refractivity contribution < 1.29 is 19.1 Å². The third kappa shape index (κ3) is 5.88. The molecule has 0 N–H and O–H groups in total. The van der Waals surface area contributed by atoms with Crippen molar-refractivity contribution in [2.24, 2.45) is 0 Å². The maximum Gasteiger partial charge on any atom is 0.334 e. The third-order valence-corrected chi connectivity index (χ3v) is 1.57. The zero-order valence-corrected chi connectivity index (χ0v) is 9.92. The van der Waals surface area contributed by atoms with Gasteiger partial charge < -0.3 is 9.47 Å². The van der Waals surface area contributed by atoms with Crippen LogP contribution in [0, 0.1) is 0 Å². The fourth-order valence-electron chi connectivity index (χ4n) is 0.863. The Labute approximate surface area is 90.2 Å². The molecule has 0 atom stereocenters. The second-order valence-electron chi connectivity index (χ2n) is 4.07. The van der Waals surface area contributed by atoms with Gasteiger partial charge in [0.1, 0.15) is 5.60 Å². The van der Waals surface area contributed by atoms with Gasteiger partial charge in [-0.15, -0.1) is 0 Å². The quantitative estimate of drug-likeness (QED) is 0.531. The molecule has 0 aromatic carbocycles. The maximum absolute atomic E-state index is 11.5. The van der Waals surface area contributed by atoms with E-state index < -0.39 is 17.5 Å². The monoisotopic (exact) mass is 214 g/mol. The van der Waals surface area contributed by atoms with Crippen molar-refractivity contribution in [1.82, 2.24) is 0 Å². The Morgan fingerprint density at radius 1 is 1.27 bits per heavy atom. The summed E-state index contributed by atoms with van der Waals surface area (Å²) in [4.78, 5) is 22.5. The first-order valence-electron chi connectivity index (χ1n) is 4.75. The molecule has 0 fully saturated rings. The molecule has 0 heterocycles. The third-order valence-electron chi connectivity index (χ3n) is 1.57. The molecule has 15 heavy (non-hydrogen) atoms. The molecule has 0 aliphatic rings. The standard InChI is InChI=1S/C11H18O4/c1-6-8(7-9(12)14-5)10(13)15-11(2,3)4/h6H,7H2,1-5H3/b8-6+. The summed E-state index contributed by atoms with van der Waals surface area (Å²) >= 11 is 0. The summed E-state index contributed by atoms with van der Waals surface area (Å²) in [5, 5.41) is 0. The second-order valence-corrected chi connectivity index (χ2v) is 4.07. The summed E-state index contributed by atoms with van der Waals surface area (Å²) in [5.74, 6) is -0.927. The molecule has 0 aromatic rings. The van der Waals surface area contributed by atoms with Gasteiger partial charge in [-0.3, -0.25) is 4.79 Å². The van der Waals surface area contributed by atoms with Crippen molar-refractivity contribution in [3.63, 3.8) is 0 Å². The van der Waals surface area contributed by atoms with E-state index >= 15 is 0 Å². The van der Waals surface area contributed by atoms with Gasteiger partial charge in [0.05, 0.1) is 13.5 Å². The minimum absolute atomic E-state index is 0.0537. The summed E-state index contributed by atoms with van der Waals surface area (Å²) < 4.78 is 9.60. The Hall–Kier alpha value is -1.32. The van der Waals surface area contributed by atoms with Gasteiger partial charge in [-0.2, -0.15) is 0 Å². The van der Waals surface area contributed by atoms with Crippen LogP contribution in [-0.2, 0) is 19.1 Å². The predicted octanol–water partition coefficient (Wildman–Crippen LogP) is 1.84. The van der Waals surface area contributed by atoms with Crippen LogP contribution in [0.5, 0.6) is 0 Å². The Bertz CT molecular complexity index is 271. The lowest BCUT2D eigenvalue weighted by Gasteiger charge is -2.20. The first kappa shape index (κ1) is 13.7. The summed E-state index contributed by atoms with van der Waals surface area (Å²) in [6, 6.07) is 0. The van der Waals surface area contributed by atoms with Crippen molar-refractivity contribution in [2.75, 3.05) is 7.11 Å². The fourth-order valence-corrected chi connectivity index (χ4v) is 0.863. The van der Waals surface area contributed by atoms with E-state index in [-0.39, 0.29) is 6.42 Å². The van der Waals surface area contributed by atoms with Crippen molar-refractivity contribution in [2.45, 2.75) is 39.7 Å². The highest BCUT2D eigenvalue weighted by Gasteiger charge is 2.21. The number of ether oxygens (including phenoxy) is 2. The van der Waals surface area contributed by atoms with Gasteiger partial charge in [-0.1, -0.05) is 6.08 Å². The molecule has 0 saturated carbocycles. The molecule has 86 valence electrons. The molecule has 0 unspecified atom stereocenters. The van der Waals surface area contributed by atoms with Crippen LogP contribution in [0.25, 0.3) is 0 Å². The normalized spacial score (nSPS) is 12.2. The van der Waals surface area contributed by atoms with Crippen LogP contribution in [0.4, 0.5) is 0 Å². The number of esters is 2. The summed E-state index contributed by atoms with van der Waals surface area (Å²) in [5.41, 5.74) is -0.238. The number of rotatable bonds is 3. The lowest BCUT2D eigenvalue weighted by atomic mass is 10.1. The van der Waals surface area contributed by atoms with Crippen molar-refractivity contribution in [3.8, 4) is 0 Å². The predicted molar refractivity (Wildman–Crippen MR) is 56.2 cm³/mol. The molecular formula is C11H18O4. The zero-order valence-electron chi connectivity index (χ0n) is 9.92. The Morgan fingerprint density at radius 3 is 2.13 bits per heavy atom. The van der Waals surface area contributed by atoms with E-state index in [4.69, 9.17) is 4.74 Å². The molecular weight excluding hydrogens is 196 g/mol. The van der Waals surface area contributed by atoms with Crippen LogP contribution in [0.15, 0.2) is 11.6 Å². The van der Waals surface area contributed by atoms with E-state index in [9.17, 15) is 9.59 Å². The van der Waals surface area contributed by atoms with Crippen molar-refractivity contribution >= 4 is 11.9 Å². The summed E-state index contributed by atoms with van der Waals surface area (Å²) in [7, 11) is 1.28. The van der Waals surface area contributed by atoms with Gasteiger partial charge in [0.15, 0.2) is 0 Å². The van der Waals surface area contributed by atoms with Crippen molar-refractivity contribution in [3.05, 3.63) is 11.6 Å². The first-order chi connectivity index (χ1) is 6.80. The molecule has 0 spiro atoms. The number of hydrogen-bond donors (Lipinski definition) is 0. The smallest absolute Gasteiger partial charge is 0.334 e. The van der Waals surface area contributed by atoms with Crippen LogP contribution in [0.1, 0.15) is 34.1 Å². The lowest BCUT2D eigenvalue weighted by molar-refractivity contribution is -0.152. The van der Waals surface area contributed by atoms with Crippen LogP contribution in [0.3, 0.4) is 0 Å². The second kappa shape index (κ2) is 5.53. The number of carbonyl (C=O) groups is 2. The number of methoxy groups -OCH3 is 1. The van der Waals surface area contributed by atoms with Crippen LogP contribution < -0.4 is 0 Å². The Morgan fingerprint density at radius 2 is 1.80 bits per heavy atom. The van der Waals surface area contributed by atoms with Crippen LogP contribution in [-0.4, -0.2) is 24.6 Å². The lowest BCUT2D eigenvalue weighted by Crippen LogP contribution is -2.25. The minimum Gasteiger partial charge on any atom is -0.469 e. The van der Waals surface area contributed by atoms with E-state index in [2.05, 4.69) is 4.74 Å². The Balaban J connectivity index is 4.45. The van der Waals surface area contributed by atoms with Gasteiger partial charge >= 0.3 is 11.9 Å². The summed E-state index contributed by atoms with van der Waals surface area (Å²) in [6.45, 7) is 7.01. The topological polar surface area (TPSA) is 52.6 Å². The average Bonchev–Trinajstić information content (AvgIpc) is 2.10. The van der Waals surface area contributed by atoms with Gasteiger partial charge in [-0.25, -0.2) is 4.79 Å². The summed E-state index contributed by atoms with van der Waals surface area (Å²) in [6.07, 6.45) is 1.51. The highest BCUT2D eigenvalue weighted by Crippen LogP contribution is 2.13. The van der Waals surface area contributed by atoms with Gasteiger partial charge in [0, 0.05) is 5.57 Å². The minimum atomic E-state index is -0.554. The van der Waals surface area contributed by atoms with Gasteiger partial charge in [0.25, 0.3) is 0 Å². The fraction of sp³-hybridized carbons (Fsp3) is 0.636. The van der Waals surface area contributed by atoms with E-state index in [1.165, 1.54) is 7.11 Å². The van der Waals surface area contributed by atoms with E-state index in [1.54, 1.807) is 33.8 Å². The highest BCUT2D eigenvalue weighted by atomic mass is 16.6. The number of hydrogen-bond acceptors (Lipinski definition) is 4. The first-order valence-corrected chi connectivity index (χ1v) is 4.75. The molecule has 0 bridgehead atoms.